The Balaban J connectivity index is 1.73. The summed E-state index contributed by atoms with van der Waals surface area (Å²) in [6.07, 6.45) is -2.06. The third-order valence-electron chi connectivity index (χ3n) is 3.84. The summed E-state index contributed by atoms with van der Waals surface area (Å²) in [4.78, 5) is 24.8. The van der Waals surface area contributed by atoms with E-state index >= 15 is 0 Å². The first-order valence-corrected chi connectivity index (χ1v) is 8.60. The number of hydrogen-bond donors (Lipinski definition) is 2. The van der Waals surface area contributed by atoms with E-state index in [9.17, 15) is 22.8 Å². The summed E-state index contributed by atoms with van der Waals surface area (Å²) in [6.45, 7) is 1.81. The number of halogens is 3. The molecule has 0 bridgehead atoms. The monoisotopic (exact) mass is 406 g/mol. The van der Waals surface area contributed by atoms with Crippen LogP contribution in [0.1, 0.15) is 23.1 Å². The SMILES string of the molecule is CCn1cc(NC(=O)Cn2ccc(C(F)(F)F)n2)c(C(=O)Nc2ccccc2)n1. The summed E-state index contributed by atoms with van der Waals surface area (Å²) >= 11 is 0. The van der Waals surface area contributed by atoms with Crippen LogP contribution in [0.3, 0.4) is 0 Å². The Labute approximate surface area is 163 Å². The van der Waals surface area contributed by atoms with Crippen molar-refractivity contribution in [1.82, 2.24) is 19.6 Å². The van der Waals surface area contributed by atoms with Crippen LogP contribution in [0.4, 0.5) is 24.5 Å². The van der Waals surface area contributed by atoms with Crippen molar-refractivity contribution in [3.63, 3.8) is 0 Å². The van der Waals surface area contributed by atoms with Gasteiger partial charge in [-0.2, -0.15) is 23.4 Å². The van der Waals surface area contributed by atoms with Crippen LogP contribution in [-0.4, -0.2) is 31.4 Å². The first kappa shape index (κ1) is 20.1. The molecule has 3 rings (SSSR count). The van der Waals surface area contributed by atoms with Crippen molar-refractivity contribution in [2.75, 3.05) is 10.6 Å². The number of anilines is 2. The van der Waals surface area contributed by atoms with Crippen LogP contribution in [0.5, 0.6) is 0 Å². The fourth-order valence-electron chi connectivity index (χ4n) is 2.49. The first-order valence-electron chi connectivity index (χ1n) is 8.60. The van der Waals surface area contributed by atoms with Crippen LogP contribution in [0.15, 0.2) is 48.8 Å². The number of carbonyl (C=O) groups excluding carboxylic acids is 2. The molecule has 3 aromatic rings. The number of amides is 2. The Morgan fingerprint density at radius 1 is 1.03 bits per heavy atom. The number of para-hydroxylation sites is 1. The predicted molar refractivity (Wildman–Crippen MR) is 98.2 cm³/mol. The summed E-state index contributed by atoms with van der Waals surface area (Å²) in [5.74, 6) is -1.18. The van der Waals surface area contributed by atoms with Crippen molar-refractivity contribution < 1.29 is 22.8 Å². The second-order valence-electron chi connectivity index (χ2n) is 6.01. The van der Waals surface area contributed by atoms with Gasteiger partial charge in [0.1, 0.15) is 6.54 Å². The van der Waals surface area contributed by atoms with E-state index in [0.717, 1.165) is 16.9 Å². The van der Waals surface area contributed by atoms with E-state index in [1.54, 1.807) is 37.3 Å². The molecule has 152 valence electrons. The Hall–Kier alpha value is -3.63. The number of aromatic nitrogens is 4. The minimum Gasteiger partial charge on any atom is -0.321 e. The molecule has 1 aromatic carbocycles. The number of carbonyl (C=O) groups is 2. The number of rotatable bonds is 6. The highest BCUT2D eigenvalue weighted by Gasteiger charge is 2.33. The Kier molecular flexibility index (Phi) is 5.66. The van der Waals surface area contributed by atoms with Crippen LogP contribution >= 0.6 is 0 Å². The number of nitrogens with zero attached hydrogens (tertiary/aromatic N) is 4. The maximum atomic E-state index is 12.6. The van der Waals surface area contributed by atoms with Crippen molar-refractivity contribution in [1.29, 1.82) is 0 Å². The van der Waals surface area contributed by atoms with E-state index in [-0.39, 0.29) is 11.4 Å². The zero-order chi connectivity index (χ0) is 21.0. The van der Waals surface area contributed by atoms with E-state index < -0.39 is 30.2 Å². The summed E-state index contributed by atoms with van der Waals surface area (Å²) in [7, 11) is 0. The Bertz CT molecular complexity index is 1010. The summed E-state index contributed by atoms with van der Waals surface area (Å²) in [5.41, 5.74) is -0.405. The van der Waals surface area contributed by atoms with Crippen LogP contribution in [0.2, 0.25) is 0 Å². The third-order valence-corrected chi connectivity index (χ3v) is 3.84. The molecule has 0 aliphatic heterocycles. The standard InChI is InChI=1S/C18H17F3N6O2/c1-2-26-10-13(16(25-26)17(29)22-12-6-4-3-5-7-12)23-15(28)11-27-9-8-14(24-27)18(19,20)21/h3-10H,2,11H2,1H3,(H,22,29)(H,23,28). The zero-order valence-electron chi connectivity index (χ0n) is 15.3. The lowest BCUT2D eigenvalue weighted by molar-refractivity contribution is -0.141. The highest BCUT2D eigenvalue weighted by Crippen LogP contribution is 2.27. The van der Waals surface area contributed by atoms with Crippen LogP contribution < -0.4 is 10.6 Å². The second-order valence-corrected chi connectivity index (χ2v) is 6.01. The quantitative estimate of drug-likeness (QED) is 0.658. The van der Waals surface area contributed by atoms with E-state index in [1.165, 1.54) is 10.9 Å². The molecule has 0 saturated carbocycles. The second kappa shape index (κ2) is 8.17. The third kappa shape index (κ3) is 5.00. The first-order chi connectivity index (χ1) is 13.8. The zero-order valence-corrected chi connectivity index (χ0v) is 15.3. The highest BCUT2D eigenvalue weighted by atomic mass is 19.4. The average Bonchev–Trinajstić information content (AvgIpc) is 3.29. The summed E-state index contributed by atoms with van der Waals surface area (Å²) in [6, 6.07) is 9.48. The molecule has 2 heterocycles. The Morgan fingerprint density at radius 2 is 1.76 bits per heavy atom. The molecule has 2 amide bonds. The van der Waals surface area contributed by atoms with Gasteiger partial charge in [0.15, 0.2) is 11.4 Å². The van der Waals surface area contributed by atoms with E-state index in [1.807, 2.05) is 0 Å². The number of alkyl halides is 3. The molecule has 8 nitrogen and oxygen atoms in total. The summed E-state index contributed by atoms with van der Waals surface area (Å²) < 4.78 is 40.2. The van der Waals surface area contributed by atoms with E-state index in [0.29, 0.717) is 12.2 Å². The van der Waals surface area contributed by atoms with E-state index in [2.05, 4.69) is 20.8 Å². The van der Waals surface area contributed by atoms with Crippen molar-refractivity contribution in [2.45, 2.75) is 26.2 Å². The van der Waals surface area contributed by atoms with Crippen LogP contribution in [0.25, 0.3) is 0 Å². The van der Waals surface area contributed by atoms with Crippen molar-refractivity contribution in [3.8, 4) is 0 Å². The van der Waals surface area contributed by atoms with Gasteiger partial charge in [-0.05, 0) is 25.1 Å². The fourth-order valence-corrected chi connectivity index (χ4v) is 2.49. The molecule has 11 heteroatoms. The van der Waals surface area contributed by atoms with Gasteiger partial charge >= 0.3 is 6.18 Å². The molecular formula is C18H17F3N6O2. The molecule has 2 N–H and O–H groups in total. The van der Waals surface area contributed by atoms with E-state index in [4.69, 9.17) is 0 Å². The molecule has 0 spiro atoms. The maximum Gasteiger partial charge on any atom is 0.435 e. The molecule has 0 aliphatic rings. The Morgan fingerprint density at radius 3 is 2.38 bits per heavy atom. The predicted octanol–water partition coefficient (Wildman–Crippen LogP) is 3.01. The molecule has 0 unspecified atom stereocenters. The van der Waals surface area contributed by atoms with Gasteiger partial charge in [0.2, 0.25) is 5.91 Å². The maximum absolute atomic E-state index is 12.6. The molecule has 0 saturated heterocycles. The molecular weight excluding hydrogens is 389 g/mol. The van der Waals surface area contributed by atoms with Crippen molar-refractivity contribution in [2.24, 2.45) is 0 Å². The number of nitrogens with one attached hydrogen (secondary N) is 2. The minimum atomic E-state index is -4.59. The fraction of sp³-hybridized carbons (Fsp3) is 0.222. The van der Waals surface area contributed by atoms with Crippen molar-refractivity contribution >= 4 is 23.2 Å². The molecule has 29 heavy (non-hydrogen) atoms. The molecule has 0 aliphatic carbocycles. The topological polar surface area (TPSA) is 93.8 Å². The van der Waals surface area contributed by atoms with Crippen molar-refractivity contribution in [3.05, 3.63) is 60.2 Å². The number of hydrogen-bond acceptors (Lipinski definition) is 4. The van der Waals surface area contributed by atoms with Gasteiger partial charge in [-0.15, -0.1) is 0 Å². The lowest BCUT2D eigenvalue weighted by Crippen LogP contribution is -2.22. The molecule has 2 aromatic heterocycles. The van der Waals surface area contributed by atoms with Gasteiger partial charge in [-0.3, -0.25) is 19.0 Å². The summed E-state index contributed by atoms with van der Waals surface area (Å²) in [5, 5.41) is 12.6. The van der Waals surface area contributed by atoms with Gasteiger partial charge in [0, 0.05) is 24.6 Å². The lowest BCUT2D eigenvalue weighted by Gasteiger charge is -2.07. The smallest absolute Gasteiger partial charge is 0.321 e. The molecule has 0 radical (unpaired) electrons. The highest BCUT2D eigenvalue weighted by molar-refractivity contribution is 6.08. The molecule has 0 fully saturated rings. The van der Waals surface area contributed by atoms with Gasteiger partial charge in [0.05, 0.1) is 5.69 Å². The number of benzene rings is 1. The molecule has 0 atom stereocenters. The lowest BCUT2D eigenvalue weighted by atomic mass is 10.3. The van der Waals surface area contributed by atoms with Gasteiger partial charge in [-0.25, -0.2) is 0 Å². The van der Waals surface area contributed by atoms with Crippen LogP contribution in [-0.2, 0) is 24.1 Å². The van der Waals surface area contributed by atoms with Gasteiger partial charge < -0.3 is 10.6 Å². The minimum absolute atomic E-state index is 0.0134. The number of aryl methyl sites for hydroxylation is 1. The average molecular weight is 406 g/mol. The normalized spacial score (nSPS) is 11.3. The van der Waals surface area contributed by atoms with Gasteiger partial charge in [0.25, 0.3) is 5.91 Å². The van der Waals surface area contributed by atoms with Crippen LogP contribution in [0, 0.1) is 0 Å². The largest absolute Gasteiger partial charge is 0.435 e. The van der Waals surface area contributed by atoms with Gasteiger partial charge in [-0.1, -0.05) is 18.2 Å².